The lowest BCUT2D eigenvalue weighted by Crippen LogP contribution is -2.51. The Morgan fingerprint density at radius 2 is 1.70 bits per heavy atom. The number of carbonyl (C=O) groups is 2. The summed E-state index contributed by atoms with van der Waals surface area (Å²) in [6.45, 7) is 12.6. The molecule has 16 heteroatoms. The highest BCUT2D eigenvalue weighted by Gasteiger charge is 2.30. The molecule has 0 bridgehead atoms. The predicted molar refractivity (Wildman–Crippen MR) is 228 cm³/mol. The molecular formula is C44H53N11O5. The number of amides is 2. The topological polar surface area (TPSA) is 196 Å². The van der Waals surface area contributed by atoms with E-state index in [4.69, 9.17) is 4.98 Å². The fourth-order valence-corrected chi connectivity index (χ4v) is 8.52. The molecule has 5 aromatic rings. The molecule has 0 radical (unpaired) electrons. The second kappa shape index (κ2) is 17.4. The highest BCUT2D eigenvalue weighted by molar-refractivity contribution is 6.00. The van der Waals surface area contributed by atoms with Crippen LogP contribution in [-0.2, 0) is 21.7 Å². The lowest BCUT2D eigenvalue weighted by atomic mass is 9.88. The predicted octanol–water partition coefficient (Wildman–Crippen LogP) is 4.01. The summed E-state index contributed by atoms with van der Waals surface area (Å²) >= 11 is 0. The fraction of sp³-hybridized carbons (Fsp3) is 0.432. The number of anilines is 3. The van der Waals surface area contributed by atoms with E-state index in [1.807, 2.05) is 6.07 Å². The van der Waals surface area contributed by atoms with Crippen molar-refractivity contribution in [1.82, 2.24) is 44.8 Å². The molecule has 314 valence electrons. The van der Waals surface area contributed by atoms with Gasteiger partial charge in [0, 0.05) is 37.9 Å². The molecule has 2 unspecified atom stereocenters. The summed E-state index contributed by atoms with van der Waals surface area (Å²) in [6, 6.07) is 16.9. The number of piperidine rings is 3. The zero-order valence-corrected chi connectivity index (χ0v) is 34.1. The number of aliphatic hydroxyl groups excluding tert-OH is 1. The van der Waals surface area contributed by atoms with E-state index in [1.54, 1.807) is 55.1 Å². The number of nitrogens with zero attached hydrogens (tertiary/aromatic N) is 8. The number of aromatic nitrogens is 6. The van der Waals surface area contributed by atoms with Gasteiger partial charge < -0.3 is 25.3 Å². The van der Waals surface area contributed by atoms with Crippen LogP contribution >= 0.6 is 0 Å². The number of likely N-dealkylation sites (tertiary alicyclic amines) is 1. The summed E-state index contributed by atoms with van der Waals surface area (Å²) in [5.41, 5.74) is 3.06. The number of rotatable bonds is 13. The molecule has 4 aromatic heterocycles. The van der Waals surface area contributed by atoms with Crippen molar-refractivity contribution in [2.75, 3.05) is 42.9 Å². The van der Waals surface area contributed by atoms with Gasteiger partial charge in [-0.25, -0.2) is 19.3 Å². The van der Waals surface area contributed by atoms with Crippen molar-refractivity contribution < 1.29 is 19.8 Å². The van der Waals surface area contributed by atoms with Crippen LogP contribution in [0.1, 0.15) is 81.5 Å². The van der Waals surface area contributed by atoms with Crippen molar-refractivity contribution in [3.8, 4) is 5.82 Å². The molecule has 0 spiro atoms. The largest absolute Gasteiger partial charge is 0.384 e. The highest BCUT2D eigenvalue weighted by Crippen LogP contribution is 2.32. The van der Waals surface area contributed by atoms with Gasteiger partial charge >= 0.3 is 0 Å². The quantitative estimate of drug-likeness (QED) is 0.0651. The fourth-order valence-electron chi connectivity index (χ4n) is 8.52. The van der Waals surface area contributed by atoms with E-state index in [0.717, 1.165) is 69.8 Å². The Balaban J connectivity index is 0.822. The van der Waals surface area contributed by atoms with E-state index in [9.17, 15) is 24.6 Å². The normalized spacial score (nSPS) is 19.1. The Labute approximate surface area is 348 Å². The smallest absolute Gasteiger partial charge is 0.278 e. The minimum Gasteiger partial charge on any atom is -0.384 e. The Kier molecular flexibility index (Phi) is 11.9. The maximum Gasteiger partial charge on any atom is 0.278 e. The van der Waals surface area contributed by atoms with Gasteiger partial charge in [0.1, 0.15) is 17.2 Å². The van der Waals surface area contributed by atoms with Crippen LogP contribution < -0.4 is 26.4 Å². The highest BCUT2D eigenvalue weighted by atomic mass is 16.3. The van der Waals surface area contributed by atoms with E-state index in [1.165, 1.54) is 16.4 Å². The van der Waals surface area contributed by atoms with Gasteiger partial charge in [-0.3, -0.25) is 30.0 Å². The van der Waals surface area contributed by atoms with Gasteiger partial charge in [-0.2, -0.15) is 4.98 Å². The molecule has 8 rings (SSSR count). The van der Waals surface area contributed by atoms with Gasteiger partial charge in [0.2, 0.25) is 17.8 Å². The van der Waals surface area contributed by atoms with Crippen LogP contribution in [0.2, 0.25) is 0 Å². The third kappa shape index (κ3) is 9.01. The SMILES string of the molecule is C=CCn1c(=O)c2cnc(Nc3ccc(C4CCN(CC5CCN(c6ccc(C(O)NC7CCC(=O)NC7=O)nc6)CC5)CC4)cc3)nc2n1-c1cccc(C(C)(C)O)n1. The third-order valence-corrected chi connectivity index (χ3v) is 11.9. The molecule has 2 atom stereocenters. The Morgan fingerprint density at radius 1 is 0.933 bits per heavy atom. The van der Waals surface area contributed by atoms with E-state index < -0.39 is 23.8 Å². The second-order valence-corrected chi connectivity index (χ2v) is 16.6. The van der Waals surface area contributed by atoms with Crippen LogP contribution in [-0.4, -0.2) is 95.0 Å². The first kappa shape index (κ1) is 40.9. The van der Waals surface area contributed by atoms with Crippen molar-refractivity contribution >= 4 is 40.2 Å². The van der Waals surface area contributed by atoms with E-state index in [2.05, 4.69) is 71.5 Å². The standard InChI is InChI=1S/C44H53N11O5/c1-4-20-54-42(59)33-26-46-43(51-39(33)55(54)37-7-5-6-36(49-37)44(2,3)60)47-31-10-8-29(9-11-31)30-18-21-52(22-19-30)27-28-16-23-53(24-17-28)32-12-13-34(45-25-32)40(57)48-35-14-15-38(56)50-41(35)58/h4-13,25-26,28,30,35,40,48,57,60H,1,14-24,27H2,2-3H3,(H,46,47,51)(H,50,56,58). The van der Waals surface area contributed by atoms with E-state index in [0.29, 0.717) is 52.4 Å². The summed E-state index contributed by atoms with van der Waals surface area (Å²) in [7, 11) is 0. The van der Waals surface area contributed by atoms with Crippen molar-refractivity contribution in [3.05, 3.63) is 107 Å². The summed E-state index contributed by atoms with van der Waals surface area (Å²) in [6.07, 6.45) is 8.88. The molecule has 1 aromatic carbocycles. The molecule has 16 nitrogen and oxygen atoms in total. The minimum absolute atomic E-state index is 0.242. The number of carbonyl (C=O) groups excluding carboxylic acids is 2. The van der Waals surface area contributed by atoms with Crippen LogP contribution in [0.4, 0.5) is 17.3 Å². The molecule has 60 heavy (non-hydrogen) atoms. The number of nitrogens with one attached hydrogen (secondary N) is 3. The third-order valence-electron chi connectivity index (χ3n) is 11.9. The number of allylic oxidation sites excluding steroid dienone is 1. The Hall–Kier alpha value is -5.81. The van der Waals surface area contributed by atoms with E-state index in [-0.39, 0.29) is 24.4 Å². The molecule has 5 N–H and O–H groups in total. The maximum atomic E-state index is 13.4. The van der Waals surface area contributed by atoms with Crippen LogP contribution in [0, 0.1) is 5.92 Å². The summed E-state index contributed by atoms with van der Waals surface area (Å²) in [4.78, 5) is 60.2. The Morgan fingerprint density at radius 3 is 2.38 bits per heavy atom. The maximum absolute atomic E-state index is 13.4. The number of hydrogen-bond acceptors (Lipinski definition) is 13. The molecule has 3 saturated heterocycles. The zero-order chi connectivity index (χ0) is 42.0. The zero-order valence-electron chi connectivity index (χ0n) is 34.1. The average molecular weight is 816 g/mol. The van der Waals surface area contributed by atoms with Crippen molar-refractivity contribution in [1.29, 1.82) is 0 Å². The van der Waals surface area contributed by atoms with Gasteiger partial charge in [-0.05, 0) is 113 Å². The molecular weight excluding hydrogens is 763 g/mol. The minimum atomic E-state index is -1.17. The molecule has 3 fully saturated rings. The number of aliphatic hydroxyl groups is 2. The number of fused-ring (bicyclic) bond motifs is 1. The van der Waals surface area contributed by atoms with Gasteiger partial charge in [0.05, 0.1) is 35.9 Å². The van der Waals surface area contributed by atoms with Gasteiger partial charge in [-0.15, -0.1) is 6.58 Å². The number of pyridine rings is 2. The van der Waals surface area contributed by atoms with Crippen LogP contribution in [0.15, 0.2) is 84.4 Å². The average Bonchev–Trinajstić information content (AvgIpc) is 3.52. The number of imide groups is 1. The lowest BCUT2D eigenvalue weighted by Gasteiger charge is -2.38. The first-order chi connectivity index (χ1) is 28.9. The van der Waals surface area contributed by atoms with Gasteiger partial charge in [-0.1, -0.05) is 24.3 Å². The first-order valence-electron chi connectivity index (χ1n) is 20.8. The van der Waals surface area contributed by atoms with Gasteiger partial charge in [0.15, 0.2) is 11.5 Å². The molecule has 3 aliphatic rings. The van der Waals surface area contributed by atoms with Gasteiger partial charge in [0.25, 0.3) is 5.56 Å². The Bertz CT molecular complexity index is 2390. The van der Waals surface area contributed by atoms with Crippen molar-refractivity contribution in [2.45, 2.75) is 82.7 Å². The molecule has 0 saturated carbocycles. The van der Waals surface area contributed by atoms with Crippen LogP contribution in [0.25, 0.3) is 16.9 Å². The summed E-state index contributed by atoms with van der Waals surface area (Å²) in [5.74, 6) is 1.22. The van der Waals surface area contributed by atoms with Crippen LogP contribution in [0.3, 0.4) is 0 Å². The summed E-state index contributed by atoms with van der Waals surface area (Å²) in [5, 5.41) is 30.1. The monoisotopic (exact) mass is 815 g/mol. The molecule has 7 heterocycles. The first-order valence-corrected chi connectivity index (χ1v) is 20.8. The van der Waals surface area contributed by atoms with Crippen molar-refractivity contribution in [3.63, 3.8) is 0 Å². The molecule has 0 aliphatic carbocycles. The van der Waals surface area contributed by atoms with Crippen LogP contribution in [0.5, 0.6) is 0 Å². The van der Waals surface area contributed by atoms with Crippen molar-refractivity contribution in [2.24, 2.45) is 5.92 Å². The van der Waals surface area contributed by atoms with E-state index >= 15 is 0 Å². The lowest BCUT2D eigenvalue weighted by molar-refractivity contribution is -0.135. The number of hydrogen-bond donors (Lipinski definition) is 5. The second-order valence-electron chi connectivity index (χ2n) is 16.6. The summed E-state index contributed by atoms with van der Waals surface area (Å²) < 4.78 is 3.17. The molecule has 2 amide bonds. The number of benzene rings is 1. The molecule has 3 aliphatic heterocycles.